The van der Waals surface area contributed by atoms with Crippen LogP contribution in [0.1, 0.15) is 5.56 Å². The van der Waals surface area contributed by atoms with Gasteiger partial charge in [-0.15, -0.1) is 0 Å². The van der Waals surface area contributed by atoms with Gasteiger partial charge in [0.15, 0.2) is 0 Å². The Labute approximate surface area is 114 Å². The second-order valence-electron chi connectivity index (χ2n) is 5.62. The largest absolute Gasteiger partial charge is 0.399 e. The van der Waals surface area contributed by atoms with Crippen LogP contribution < -0.4 is 5.73 Å². The Bertz CT molecular complexity index is 579. The molecule has 19 heavy (non-hydrogen) atoms. The normalized spacial score (nSPS) is 18.2. The molecular weight excluding hydrogens is 236 g/mol. The fraction of sp³-hybridized carbons (Fsp3) is 0.467. The van der Waals surface area contributed by atoms with Crippen molar-refractivity contribution in [2.75, 3.05) is 39.0 Å². The van der Waals surface area contributed by atoms with E-state index >= 15 is 0 Å². The minimum Gasteiger partial charge on any atom is -0.399 e. The highest BCUT2D eigenvalue weighted by Crippen LogP contribution is 2.24. The van der Waals surface area contributed by atoms with Crippen molar-refractivity contribution < 1.29 is 0 Å². The van der Waals surface area contributed by atoms with Crippen LogP contribution in [-0.2, 0) is 13.6 Å². The fourth-order valence-corrected chi connectivity index (χ4v) is 2.86. The lowest BCUT2D eigenvalue weighted by molar-refractivity contribution is 0.148. The van der Waals surface area contributed by atoms with Gasteiger partial charge in [0.2, 0.25) is 0 Å². The lowest BCUT2D eigenvalue weighted by Gasteiger charge is -2.32. The Morgan fingerprint density at radius 1 is 1.11 bits per heavy atom. The molecule has 1 aromatic carbocycles. The molecule has 1 aromatic heterocycles. The number of anilines is 1. The van der Waals surface area contributed by atoms with Gasteiger partial charge < -0.3 is 15.2 Å². The van der Waals surface area contributed by atoms with E-state index in [9.17, 15) is 0 Å². The first-order chi connectivity index (χ1) is 9.13. The molecule has 1 aliphatic rings. The molecule has 0 aliphatic carbocycles. The zero-order valence-electron chi connectivity index (χ0n) is 11.8. The SMILES string of the molecule is CN1CCN(Cc2cn(C)c3ccc(N)cc23)CC1. The van der Waals surface area contributed by atoms with Crippen LogP contribution in [0.5, 0.6) is 0 Å². The van der Waals surface area contributed by atoms with Gasteiger partial charge in [-0.2, -0.15) is 0 Å². The number of hydrogen-bond donors (Lipinski definition) is 1. The highest BCUT2D eigenvalue weighted by atomic mass is 15.2. The second-order valence-corrected chi connectivity index (χ2v) is 5.62. The third kappa shape index (κ3) is 2.46. The molecule has 3 rings (SSSR count). The summed E-state index contributed by atoms with van der Waals surface area (Å²) in [6.07, 6.45) is 2.24. The van der Waals surface area contributed by atoms with Gasteiger partial charge in [-0.1, -0.05) is 0 Å². The molecule has 1 aliphatic heterocycles. The van der Waals surface area contributed by atoms with E-state index in [4.69, 9.17) is 5.73 Å². The van der Waals surface area contributed by atoms with Gasteiger partial charge in [0.05, 0.1) is 0 Å². The topological polar surface area (TPSA) is 37.4 Å². The Kier molecular flexibility index (Phi) is 3.21. The number of likely N-dealkylation sites (N-methyl/N-ethyl adjacent to an activating group) is 1. The Morgan fingerprint density at radius 3 is 2.58 bits per heavy atom. The predicted octanol–water partition coefficient (Wildman–Crippen LogP) is 1.51. The van der Waals surface area contributed by atoms with Crippen molar-refractivity contribution in [2.45, 2.75) is 6.54 Å². The highest BCUT2D eigenvalue weighted by molar-refractivity contribution is 5.86. The van der Waals surface area contributed by atoms with E-state index in [0.29, 0.717) is 0 Å². The van der Waals surface area contributed by atoms with Crippen LogP contribution in [0.3, 0.4) is 0 Å². The average Bonchev–Trinajstić information content (AvgIpc) is 2.69. The van der Waals surface area contributed by atoms with E-state index in [2.05, 4.69) is 46.8 Å². The number of hydrogen-bond acceptors (Lipinski definition) is 3. The maximum atomic E-state index is 5.92. The number of aryl methyl sites for hydroxylation is 1. The van der Waals surface area contributed by atoms with Crippen LogP contribution in [0.4, 0.5) is 5.69 Å². The number of fused-ring (bicyclic) bond motifs is 1. The van der Waals surface area contributed by atoms with Crippen molar-refractivity contribution in [2.24, 2.45) is 7.05 Å². The van der Waals surface area contributed by atoms with Crippen molar-refractivity contribution in [3.05, 3.63) is 30.0 Å². The third-order valence-electron chi connectivity index (χ3n) is 4.09. The number of nitrogens with two attached hydrogens (primary N) is 1. The Hall–Kier alpha value is -1.52. The number of nitrogen functional groups attached to an aromatic ring is 1. The van der Waals surface area contributed by atoms with Gasteiger partial charge in [-0.3, -0.25) is 4.90 Å². The quantitative estimate of drug-likeness (QED) is 0.830. The van der Waals surface area contributed by atoms with E-state index in [1.807, 2.05) is 6.07 Å². The summed E-state index contributed by atoms with van der Waals surface area (Å²) in [6.45, 7) is 5.64. The minimum absolute atomic E-state index is 0.846. The first kappa shape index (κ1) is 12.5. The van der Waals surface area contributed by atoms with Crippen molar-refractivity contribution in [1.82, 2.24) is 14.4 Å². The molecule has 1 fully saturated rings. The van der Waals surface area contributed by atoms with Gasteiger partial charge in [0.1, 0.15) is 0 Å². The Balaban J connectivity index is 1.86. The molecule has 1 saturated heterocycles. The molecule has 2 N–H and O–H groups in total. The average molecular weight is 258 g/mol. The number of benzene rings is 1. The molecule has 2 aromatic rings. The monoisotopic (exact) mass is 258 g/mol. The molecule has 0 amide bonds. The van der Waals surface area contributed by atoms with Crippen LogP contribution in [0.15, 0.2) is 24.4 Å². The van der Waals surface area contributed by atoms with E-state index < -0.39 is 0 Å². The number of aromatic nitrogens is 1. The zero-order valence-corrected chi connectivity index (χ0v) is 11.8. The van der Waals surface area contributed by atoms with Crippen LogP contribution in [0, 0.1) is 0 Å². The van der Waals surface area contributed by atoms with Crippen molar-refractivity contribution in [3.63, 3.8) is 0 Å². The second kappa shape index (κ2) is 4.87. The molecule has 4 heteroatoms. The zero-order chi connectivity index (χ0) is 13.4. The maximum Gasteiger partial charge on any atom is 0.0482 e. The van der Waals surface area contributed by atoms with Crippen LogP contribution in [0.2, 0.25) is 0 Å². The molecular formula is C15H22N4. The summed E-state index contributed by atoms with van der Waals surface area (Å²) in [4.78, 5) is 4.91. The molecule has 4 nitrogen and oxygen atoms in total. The van der Waals surface area contributed by atoms with Crippen LogP contribution in [-0.4, -0.2) is 47.6 Å². The first-order valence-corrected chi connectivity index (χ1v) is 6.88. The molecule has 0 atom stereocenters. The van der Waals surface area contributed by atoms with E-state index in [0.717, 1.165) is 38.4 Å². The summed E-state index contributed by atoms with van der Waals surface area (Å²) in [5, 5.41) is 1.29. The highest BCUT2D eigenvalue weighted by Gasteiger charge is 2.16. The van der Waals surface area contributed by atoms with Gasteiger partial charge in [0, 0.05) is 62.6 Å². The molecule has 0 radical (unpaired) electrons. The minimum atomic E-state index is 0.846. The lowest BCUT2D eigenvalue weighted by atomic mass is 10.1. The van der Waals surface area contributed by atoms with Gasteiger partial charge >= 0.3 is 0 Å². The molecule has 102 valence electrons. The smallest absolute Gasteiger partial charge is 0.0482 e. The predicted molar refractivity (Wildman–Crippen MR) is 80.1 cm³/mol. The van der Waals surface area contributed by atoms with E-state index in [-0.39, 0.29) is 0 Å². The number of rotatable bonds is 2. The summed E-state index contributed by atoms with van der Waals surface area (Å²) in [5.41, 5.74) is 9.42. The van der Waals surface area contributed by atoms with Gasteiger partial charge in [0.25, 0.3) is 0 Å². The van der Waals surface area contributed by atoms with Crippen molar-refractivity contribution in [3.8, 4) is 0 Å². The molecule has 0 saturated carbocycles. The van der Waals surface area contributed by atoms with E-state index in [1.54, 1.807) is 0 Å². The lowest BCUT2D eigenvalue weighted by Crippen LogP contribution is -2.43. The fourth-order valence-electron chi connectivity index (χ4n) is 2.86. The van der Waals surface area contributed by atoms with E-state index in [1.165, 1.54) is 16.5 Å². The summed E-state index contributed by atoms with van der Waals surface area (Å²) >= 11 is 0. The molecule has 0 spiro atoms. The summed E-state index contributed by atoms with van der Waals surface area (Å²) < 4.78 is 2.19. The summed E-state index contributed by atoms with van der Waals surface area (Å²) in [7, 11) is 4.29. The van der Waals surface area contributed by atoms with Crippen molar-refractivity contribution >= 4 is 16.6 Å². The van der Waals surface area contributed by atoms with Crippen molar-refractivity contribution in [1.29, 1.82) is 0 Å². The summed E-state index contributed by atoms with van der Waals surface area (Å²) in [6, 6.07) is 6.18. The molecule has 0 bridgehead atoms. The number of piperazine rings is 1. The molecule has 0 unspecified atom stereocenters. The Morgan fingerprint density at radius 2 is 1.84 bits per heavy atom. The first-order valence-electron chi connectivity index (χ1n) is 6.88. The third-order valence-corrected chi connectivity index (χ3v) is 4.09. The van der Waals surface area contributed by atoms with Gasteiger partial charge in [-0.05, 0) is 30.8 Å². The number of nitrogens with zero attached hydrogens (tertiary/aromatic N) is 3. The van der Waals surface area contributed by atoms with Crippen LogP contribution in [0.25, 0.3) is 10.9 Å². The summed E-state index contributed by atoms with van der Waals surface area (Å²) in [5.74, 6) is 0. The van der Waals surface area contributed by atoms with Crippen LogP contribution >= 0.6 is 0 Å². The maximum absolute atomic E-state index is 5.92. The molecule has 2 heterocycles. The standard InChI is InChI=1S/C15H22N4/c1-17-5-7-19(8-6-17)11-12-10-18(2)15-4-3-13(16)9-14(12)15/h3-4,9-10H,5-8,11,16H2,1-2H3. The van der Waals surface area contributed by atoms with Gasteiger partial charge in [-0.25, -0.2) is 0 Å².